The normalized spacial score (nSPS) is 15.4. The molecule has 1 aliphatic carbocycles. The Balaban J connectivity index is 1.18. The molecule has 0 bridgehead atoms. The fourth-order valence-corrected chi connectivity index (χ4v) is 5.05. The summed E-state index contributed by atoms with van der Waals surface area (Å²) in [7, 11) is 0. The van der Waals surface area contributed by atoms with Gasteiger partial charge in [0.25, 0.3) is 0 Å². The second kappa shape index (κ2) is 8.71. The first-order valence-corrected chi connectivity index (χ1v) is 12.4. The Kier molecular flexibility index (Phi) is 5.08. The minimum Gasteiger partial charge on any atom is -0.489 e. The quantitative estimate of drug-likeness (QED) is 0.315. The Morgan fingerprint density at radius 2 is 1.81 bits per heavy atom. The zero-order valence-corrected chi connectivity index (χ0v) is 19.7. The van der Waals surface area contributed by atoms with Crippen LogP contribution in [-0.4, -0.2) is 38.0 Å². The van der Waals surface area contributed by atoms with E-state index in [4.69, 9.17) is 19.2 Å². The lowest BCUT2D eigenvalue weighted by Crippen LogP contribution is -2.19. The molecule has 1 aliphatic heterocycles. The molecule has 7 rings (SSSR count). The molecule has 8 nitrogen and oxygen atoms in total. The van der Waals surface area contributed by atoms with E-state index in [1.54, 1.807) is 6.20 Å². The Hall–Kier alpha value is -4.33. The number of fused-ring (bicyclic) bond motifs is 2. The van der Waals surface area contributed by atoms with Crippen molar-refractivity contribution in [3.8, 4) is 51.2 Å². The second-order valence-corrected chi connectivity index (χ2v) is 9.31. The third kappa shape index (κ3) is 3.84. The fraction of sp³-hybridized carbons (Fsp3) is 0.250. The van der Waals surface area contributed by atoms with Crippen LogP contribution in [0, 0.1) is 0 Å². The van der Waals surface area contributed by atoms with Gasteiger partial charge >= 0.3 is 0 Å². The van der Waals surface area contributed by atoms with Gasteiger partial charge in [-0.3, -0.25) is 10.1 Å². The number of hydrogen-bond donors (Lipinski definition) is 2. The van der Waals surface area contributed by atoms with E-state index in [9.17, 15) is 0 Å². The molecule has 0 amide bonds. The van der Waals surface area contributed by atoms with Crippen molar-refractivity contribution in [3.05, 3.63) is 60.9 Å². The topological polar surface area (TPSA) is 97.9 Å². The van der Waals surface area contributed by atoms with Gasteiger partial charge in [0.05, 0.1) is 29.0 Å². The first-order valence-electron chi connectivity index (χ1n) is 12.4. The van der Waals surface area contributed by atoms with Crippen LogP contribution >= 0.6 is 0 Å². The number of pyridine rings is 1. The average Bonchev–Trinajstić information content (AvgIpc) is 3.68. The van der Waals surface area contributed by atoms with Crippen molar-refractivity contribution in [3.63, 3.8) is 0 Å². The summed E-state index contributed by atoms with van der Waals surface area (Å²) in [5, 5.41) is 7.66. The van der Waals surface area contributed by atoms with E-state index >= 15 is 0 Å². The largest absolute Gasteiger partial charge is 0.489 e. The molecule has 2 aliphatic rings. The van der Waals surface area contributed by atoms with Crippen LogP contribution in [0.1, 0.15) is 32.1 Å². The van der Waals surface area contributed by atoms with Crippen molar-refractivity contribution in [1.82, 2.24) is 25.1 Å². The molecular weight excluding hydrogens is 454 g/mol. The third-order valence-electron chi connectivity index (χ3n) is 6.89. The van der Waals surface area contributed by atoms with Gasteiger partial charge in [-0.05, 0) is 61.6 Å². The first-order chi connectivity index (χ1) is 17.8. The smallest absolute Gasteiger partial charge is 0.231 e. The lowest BCUT2D eigenvalue weighted by atomic mass is 9.98. The van der Waals surface area contributed by atoms with E-state index in [0.29, 0.717) is 0 Å². The third-order valence-corrected chi connectivity index (χ3v) is 6.89. The predicted molar refractivity (Wildman–Crippen MR) is 136 cm³/mol. The van der Waals surface area contributed by atoms with E-state index in [1.165, 1.54) is 19.3 Å². The van der Waals surface area contributed by atoms with E-state index in [2.05, 4.69) is 26.2 Å². The number of aromatic amines is 2. The van der Waals surface area contributed by atoms with E-state index in [0.717, 1.165) is 75.0 Å². The highest BCUT2D eigenvalue weighted by molar-refractivity contribution is 5.94. The molecule has 2 aromatic carbocycles. The Labute approximate surface area is 207 Å². The van der Waals surface area contributed by atoms with Gasteiger partial charge < -0.3 is 19.2 Å². The molecule has 2 N–H and O–H groups in total. The maximum atomic E-state index is 6.20. The maximum absolute atomic E-state index is 6.20. The Bertz CT molecular complexity index is 1550. The molecule has 0 atom stereocenters. The van der Waals surface area contributed by atoms with Gasteiger partial charge in [0.1, 0.15) is 11.4 Å². The van der Waals surface area contributed by atoms with Crippen LogP contribution < -0.4 is 14.2 Å². The minimum atomic E-state index is 0.253. The SMILES string of the molecule is c1cc(-c2ccc3c(c2)OCO3)c2nc(-c3cc(-c4cncc(OC5CCCCC5)c4)n[nH]3)[nH]c2c1. The molecule has 4 heterocycles. The van der Waals surface area contributed by atoms with Crippen LogP contribution in [0.25, 0.3) is 44.9 Å². The van der Waals surface area contributed by atoms with Gasteiger partial charge in [-0.25, -0.2) is 4.98 Å². The van der Waals surface area contributed by atoms with Gasteiger partial charge in [-0.1, -0.05) is 24.6 Å². The molecule has 3 aromatic heterocycles. The number of para-hydroxylation sites is 1. The van der Waals surface area contributed by atoms with Gasteiger partial charge in [0, 0.05) is 17.3 Å². The van der Waals surface area contributed by atoms with Gasteiger partial charge in [-0.15, -0.1) is 0 Å². The molecule has 1 fully saturated rings. The number of imidazole rings is 1. The van der Waals surface area contributed by atoms with E-state index < -0.39 is 0 Å². The zero-order valence-electron chi connectivity index (χ0n) is 19.7. The van der Waals surface area contributed by atoms with Crippen LogP contribution in [0.15, 0.2) is 60.9 Å². The number of ether oxygens (including phenoxy) is 3. The molecule has 0 saturated heterocycles. The fourth-order valence-electron chi connectivity index (χ4n) is 5.05. The molecule has 0 spiro atoms. The highest BCUT2D eigenvalue weighted by atomic mass is 16.7. The number of hydrogen-bond acceptors (Lipinski definition) is 6. The molecule has 36 heavy (non-hydrogen) atoms. The Morgan fingerprint density at radius 1 is 0.889 bits per heavy atom. The lowest BCUT2D eigenvalue weighted by Gasteiger charge is -2.22. The molecule has 0 radical (unpaired) electrons. The highest BCUT2D eigenvalue weighted by Gasteiger charge is 2.18. The van der Waals surface area contributed by atoms with Crippen molar-refractivity contribution in [2.75, 3.05) is 6.79 Å². The minimum absolute atomic E-state index is 0.253. The van der Waals surface area contributed by atoms with Crippen LogP contribution in [-0.2, 0) is 0 Å². The average molecular weight is 480 g/mol. The molecule has 1 saturated carbocycles. The van der Waals surface area contributed by atoms with Gasteiger partial charge in [0.15, 0.2) is 17.3 Å². The summed E-state index contributed by atoms with van der Waals surface area (Å²) in [5.74, 6) is 3.03. The lowest BCUT2D eigenvalue weighted by molar-refractivity contribution is 0.154. The molecule has 5 aromatic rings. The molecular formula is C28H25N5O3. The van der Waals surface area contributed by atoms with Gasteiger partial charge in [-0.2, -0.15) is 5.10 Å². The van der Waals surface area contributed by atoms with Crippen LogP contribution in [0.5, 0.6) is 17.2 Å². The molecule has 8 heteroatoms. The summed E-state index contributed by atoms with van der Waals surface area (Å²) in [5.41, 5.74) is 6.37. The summed E-state index contributed by atoms with van der Waals surface area (Å²) in [6.45, 7) is 0.253. The molecule has 180 valence electrons. The van der Waals surface area contributed by atoms with Crippen LogP contribution in [0.4, 0.5) is 0 Å². The van der Waals surface area contributed by atoms with E-state index in [1.807, 2.05) is 48.7 Å². The van der Waals surface area contributed by atoms with Crippen LogP contribution in [0.3, 0.4) is 0 Å². The monoisotopic (exact) mass is 479 g/mol. The zero-order chi connectivity index (χ0) is 23.9. The summed E-state index contributed by atoms with van der Waals surface area (Å²) in [6, 6.07) is 16.1. The number of benzene rings is 2. The van der Waals surface area contributed by atoms with E-state index in [-0.39, 0.29) is 12.9 Å². The van der Waals surface area contributed by atoms with Crippen molar-refractivity contribution in [2.45, 2.75) is 38.2 Å². The van der Waals surface area contributed by atoms with Crippen molar-refractivity contribution >= 4 is 11.0 Å². The molecule has 0 unspecified atom stereocenters. The van der Waals surface area contributed by atoms with Crippen LogP contribution in [0.2, 0.25) is 0 Å². The number of rotatable bonds is 5. The van der Waals surface area contributed by atoms with Crippen molar-refractivity contribution < 1.29 is 14.2 Å². The number of nitrogens with one attached hydrogen (secondary N) is 2. The van der Waals surface area contributed by atoms with Gasteiger partial charge in [0.2, 0.25) is 6.79 Å². The Morgan fingerprint density at radius 3 is 2.75 bits per heavy atom. The summed E-state index contributed by atoms with van der Waals surface area (Å²) in [4.78, 5) is 12.7. The van der Waals surface area contributed by atoms with Crippen molar-refractivity contribution in [2.24, 2.45) is 0 Å². The maximum Gasteiger partial charge on any atom is 0.231 e. The highest BCUT2D eigenvalue weighted by Crippen LogP contribution is 2.38. The summed E-state index contributed by atoms with van der Waals surface area (Å²) < 4.78 is 17.2. The second-order valence-electron chi connectivity index (χ2n) is 9.31. The first kappa shape index (κ1) is 21.0. The van der Waals surface area contributed by atoms with Crippen molar-refractivity contribution in [1.29, 1.82) is 0 Å². The predicted octanol–water partition coefficient (Wildman–Crippen LogP) is 6.12. The number of aromatic nitrogens is 5. The summed E-state index contributed by atoms with van der Waals surface area (Å²) >= 11 is 0. The number of H-pyrrole nitrogens is 2. The standard InChI is InChI=1S/C28H25N5O3/c1-2-5-19(6-3-1)36-20-11-18(14-29-15-20)23-13-24(33-32-23)28-30-22-8-4-7-21(27(22)31-28)17-9-10-25-26(12-17)35-16-34-25/h4,7-15,19H,1-3,5-6,16H2,(H,30,31)(H,32,33). The summed E-state index contributed by atoms with van der Waals surface area (Å²) in [6.07, 6.45) is 9.85. The number of nitrogens with zero attached hydrogens (tertiary/aromatic N) is 3.